The van der Waals surface area contributed by atoms with Crippen molar-refractivity contribution in [1.82, 2.24) is 19.6 Å². The Labute approximate surface area is 131 Å². The molecule has 5 heteroatoms. The van der Waals surface area contributed by atoms with Crippen molar-refractivity contribution in [2.45, 2.75) is 51.2 Å². The number of nitrogens with zero attached hydrogens (tertiary/aromatic N) is 3. The number of nitrogens with one attached hydrogen (secondary N) is 1. The van der Waals surface area contributed by atoms with Gasteiger partial charge >= 0.3 is 0 Å². The minimum absolute atomic E-state index is 0.128. The highest BCUT2D eigenvalue weighted by Crippen LogP contribution is 2.18. The van der Waals surface area contributed by atoms with Crippen LogP contribution in [0.2, 0.25) is 0 Å². The molecule has 2 aromatic rings. The molecule has 0 aliphatic heterocycles. The highest BCUT2D eigenvalue weighted by molar-refractivity contribution is 5.81. The summed E-state index contributed by atoms with van der Waals surface area (Å²) in [5.74, 6) is 0.128. The predicted molar refractivity (Wildman–Crippen MR) is 86.5 cm³/mol. The number of pyridine rings is 1. The molecule has 118 valence electrons. The van der Waals surface area contributed by atoms with Crippen molar-refractivity contribution < 1.29 is 4.79 Å². The molecule has 0 bridgehead atoms. The standard InChI is InChI=1S/C17H24N4O/c1-13(17(22)19-14-7-3-4-8-14)20(2)12-15-11-18-16-9-5-6-10-21(15)16/h5-6,9-11,13-14H,3-4,7-8,12H2,1-2H3,(H,19,22)/t13-/m1/s1. The van der Waals surface area contributed by atoms with Gasteiger partial charge in [0.2, 0.25) is 5.91 Å². The Kier molecular flexibility index (Phi) is 4.43. The van der Waals surface area contributed by atoms with Gasteiger partial charge in [-0.25, -0.2) is 4.98 Å². The summed E-state index contributed by atoms with van der Waals surface area (Å²) in [5.41, 5.74) is 2.03. The summed E-state index contributed by atoms with van der Waals surface area (Å²) in [6.45, 7) is 2.66. The number of hydrogen-bond acceptors (Lipinski definition) is 3. The molecule has 1 aliphatic rings. The second-order valence-electron chi connectivity index (χ2n) is 6.26. The molecule has 1 N–H and O–H groups in total. The van der Waals surface area contributed by atoms with Crippen molar-refractivity contribution in [1.29, 1.82) is 0 Å². The third kappa shape index (κ3) is 3.14. The van der Waals surface area contributed by atoms with Crippen LogP contribution >= 0.6 is 0 Å². The molecule has 0 saturated heterocycles. The van der Waals surface area contributed by atoms with E-state index in [9.17, 15) is 4.79 Å². The van der Waals surface area contributed by atoms with E-state index in [4.69, 9.17) is 0 Å². The lowest BCUT2D eigenvalue weighted by molar-refractivity contribution is -0.126. The molecule has 1 aliphatic carbocycles. The minimum Gasteiger partial charge on any atom is -0.352 e. The minimum atomic E-state index is -0.144. The highest BCUT2D eigenvalue weighted by atomic mass is 16.2. The second-order valence-corrected chi connectivity index (χ2v) is 6.26. The van der Waals surface area contributed by atoms with Crippen LogP contribution in [-0.4, -0.2) is 39.3 Å². The summed E-state index contributed by atoms with van der Waals surface area (Å²) in [6.07, 6.45) is 8.60. The Morgan fingerprint density at radius 3 is 3.00 bits per heavy atom. The lowest BCUT2D eigenvalue weighted by Gasteiger charge is -2.25. The van der Waals surface area contributed by atoms with Crippen LogP contribution in [0.4, 0.5) is 0 Å². The Morgan fingerprint density at radius 1 is 1.45 bits per heavy atom. The van der Waals surface area contributed by atoms with Gasteiger partial charge in [0.1, 0.15) is 5.65 Å². The summed E-state index contributed by atoms with van der Waals surface area (Å²) in [7, 11) is 1.99. The fourth-order valence-corrected chi connectivity index (χ4v) is 3.09. The molecule has 1 atom stereocenters. The zero-order valence-electron chi connectivity index (χ0n) is 13.3. The number of fused-ring (bicyclic) bond motifs is 1. The number of carbonyl (C=O) groups excluding carboxylic acids is 1. The molecule has 0 aromatic carbocycles. The van der Waals surface area contributed by atoms with Crippen molar-refractivity contribution in [3.05, 3.63) is 36.3 Å². The van der Waals surface area contributed by atoms with Crippen molar-refractivity contribution >= 4 is 11.6 Å². The third-order valence-corrected chi connectivity index (χ3v) is 4.65. The van der Waals surface area contributed by atoms with Crippen LogP contribution in [0.25, 0.3) is 5.65 Å². The smallest absolute Gasteiger partial charge is 0.237 e. The zero-order valence-corrected chi connectivity index (χ0v) is 13.3. The van der Waals surface area contributed by atoms with Crippen LogP contribution in [0.1, 0.15) is 38.3 Å². The van der Waals surface area contributed by atoms with E-state index in [0.717, 1.165) is 24.2 Å². The lowest BCUT2D eigenvalue weighted by atomic mass is 10.2. The first-order chi connectivity index (χ1) is 10.6. The second kappa shape index (κ2) is 6.48. The largest absolute Gasteiger partial charge is 0.352 e. The molecule has 1 amide bonds. The Morgan fingerprint density at radius 2 is 2.23 bits per heavy atom. The van der Waals surface area contributed by atoms with E-state index in [1.165, 1.54) is 12.8 Å². The molecular formula is C17H24N4O. The molecule has 2 heterocycles. The first-order valence-electron chi connectivity index (χ1n) is 8.07. The van der Waals surface area contributed by atoms with Gasteiger partial charge in [0, 0.05) is 18.8 Å². The molecule has 1 saturated carbocycles. The van der Waals surface area contributed by atoms with Crippen molar-refractivity contribution in [3.8, 4) is 0 Å². The summed E-state index contributed by atoms with van der Waals surface area (Å²) in [4.78, 5) is 18.8. The molecule has 0 radical (unpaired) electrons. The molecule has 5 nitrogen and oxygen atoms in total. The van der Waals surface area contributed by atoms with Gasteiger partial charge in [-0.15, -0.1) is 0 Å². The van der Waals surface area contributed by atoms with Gasteiger partial charge < -0.3 is 9.72 Å². The molecular weight excluding hydrogens is 276 g/mol. The first kappa shape index (κ1) is 15.0. The average molecular weight is 300 g/mol. The van der Waals surface area contributed by atoms with Gasteiger partial charge in [-0.2, -0.15) is 0 Å². The van der Waals surface area contributed by atoms with Crippen LogP contribution < -0.4 is 5.32 Å². The van der Waals surface area contributed by atoms with Gasteiger partial charge in [0.15, 0.2) is 0 Å². The van der Waals surface area contributed by atoms with Gasteiger partial charge in [0.05, 0.1) is 17.9 Å². The molecule has 3 rings (SSSR count). The summed E-state index contributed by atoms with van der Waals surface area (Å²) in [6, 6.07) is 6.19. The van der Waals surface area contributed by atoms with Gasteiger partial charge in [-0.1, -0.05) is 18.9 Å². The van der Waals surface area contributed by atoms with Crippen molar-refractivity contribution in [2.24, 2.45) is 0 Å². The monoisotopic (exact) mass is 300 g/mol. The van der Waals surface area contributed by atoms with E-state index >= 15 is 0 Å². The lowest BCUT2D eigenvalue weighted by Crippen LogP contribution is -2.46. The summed E-state index contributed by atoms with van der Waals surface area (Å²) < 4.78 is 2.07. The third-order valence-electron chi connectivity index (χ3n) is 4.65. The maximum Gasteiger partial charge on any atom is 0.237 e. The average Bonchev–Trinajstić information content (AvgIpc) is 3.17. The number of rotatable bonds is 5. The van der Waals surface area contributed by atoms with Crippen LogP contribution in [0, 0.1) is 0 Å². The predicted octanol–water partition coefficient (Wildman–Crippen LogP) is 2.21. The maximum atomic E-state index is 12.4. The van der Waals surface area contributed by atoms with Gasteiger partial charge in [-0.05, 0) is 38.9 Å². The Bertz CT molecular complexity index is 645. The maximum absolute atomic E-state index is 12.4. The highest BCUT2D eigenvalue weighted by Gasteiger charge is 2.23. The fourth-order valence-electron chi connectivity index (χ4n) is 3.09. The Balaban J connectivity index is 1.62. The van der Waals surface area contributed by atoms with E-state index in [1.54, 1.807) is 0 Å². The normalized spacial score (nSPS) is 17.2. The summed E-state index contributed by atoms with van der Waals surface area (Å²) >= 11 is 0. The van der Waals surface area contributed by atoms with Crippen LogP contribution in [0.15, 0.2) is 30.6 Å². The first-order valence-corrected chi connectivity index (χ1v) is 8.07. The van der Waals surface area contributed by atoms with E-state index in [-0.39, 0.29) is 11.9 Å². The molecule has 2 aromatic heterocycles. The van der Waals surface area contributed by atoms with Gasteiger partial charge in [0.25, 0.3) is 0 Å². The van der Waals surface area contributed by atoms with Crippen LogP contribution in [0.3, 0.4) is 0 Å². The number of aromatic nitrogens is 2. The van der Waals surface area contributed by atoms with Gasteiger partial charge in [-0.3, -0.25) is 9.69 Å². The quantitative estimate of drug-likeness (QED) is 0.921. The molecule has 22 heavy (non-hydrogen) atoms. The van der Waals surface area contributed by atoms with Crippen LogP contribution in [0.5, 0.6) is 0 Å². The summed E-state index contributed by atoms with van der Waals surface area (Å²) in [5, 5.41) is 3.17. The number of amides is 1. The van der Waals surface area contributed by atoms with Crippen LogP contribution in [-0.2, 0) is 11.3 Å². The molecule has 0 spiro atoms. The van der Waals surface area contributed by atoms with E-state index in [2.05, 4.69) is 19.6 Å². The fraction of sp³-hybridized carbons (Fsp3) is 0.529. The number of likely N-dealkylation sites (N-methyl/N-ethyl adjacent to an activating group) is 1. The topological polar surface area (TPSA) is 49.6 Å². The molecule has 1 fully saturated rings. The van der Waals surface area contributed by atoms with Crippen molar-refractivity contribution in [3.63, 3.8) is 0 Å². The van der Waals surface area contributed by atoms with E-state index in [0.29, 0.717) is 12.6 Å². The van der Waals surface area contributed by atoms with Crippen molar-refractivity contribution in [2.75, 3.05) is 7.05 Å². The SMILES string of the molecule is C[C@H](C(=O)NC1CCCC1)N(C)Cc1cnc2ccccn12. The number of hydrogen-bond donors (Lipinski definition) is 1. The van der Waals surface area contributed by atoms with E-state index in [1.807, 2.05) is 44.6 Å². The Hall–Kier alpha value is -1.88. The van der Waals surface area contributed by atoms with E-state index < -0.39 is 0 Å². The zero-order chi connectivity index (χ0) is 15.5. The number of carbonyl (C=O) groups is 1. The number of imidazole rings is 1. The molecule has 0 unspecified atom stereocenters.